The summed E-state index contributed by atoms with van der Waals surface area (Å²) in [6.45, 7) is 2.39. The quantitative estimate of drug-likeness (QED) is 0.835. The zero-order valence-electron chi connectivity index (χ0n) is 12.1. The molecule has 0 radical (unpaired) electrons. The molecule has 3 nitrogen and oxygen atoms in total. The number of rotatable bonds is 5. The van der Waals surface area contributed by atoms with Gasteiger partial charge in [0.1, 0.15) is 5.82 Å². The molecule has 21 heavy (non-hydrogen) atoms. The van der Waals surface area contributed by atoms with E-state index in [0.717, 1.165) is 24.8 Å². The van der Waals surface area contributed by atoms with Gasteiger partial charge in [0.25, 0.3) is 0 Å². The molecular formula is C17H19FN2O. The van der Waals surface area contributed by atoms with Crippen LogP contribution in [-0.4, -0.2) is 23.4 Å². The molecule has 0 N–H and O–H groups in total. The topological polar surface area (TPSA) is 44.1 Å². The van der Waals surface area contributed by atoms with E-state index in [-0.39, 0.29) is 29.5 Å². The third-order valence-electron chi connectivity index (χ3n) is 4.37. The number of hydrogen-bond donors (Lipinski definition) is 0. The van der Waals surface area contributed by atoms with Crippen molar-refractivity contribution in [2.45, 2.75) is 38.1 Å². The minimum Gasteiger partial charge on any atom is -0.338 e. The second-order valence-electron chi connectivity index (χ2n) is 6.25. The lowest BCUT2D eigenvalue weighted by molar-refractivity contribution is -0.133. The number of nitriles is 1. The van der Waals surface area contributed by atoms with E-state index in [1.54, 1.807) is 12.1 Å². The minimum atomic E-state index is -0.246. The Morgan fingerprint density at radius 1 is 1.43 bits per heavy atom. The molecule has 1 aromatic carbocycles. The van der Waals surface area contributed by atoms with Crippen molar-refractivity contribution in [3.05, 3.63) is 35.6 Å². The summed E-state index contributed by atoms with van der Waals surface area (Å²) >= 11 is 0. The van der Waals surface area contributed by atoms with Crippen LogP contribution in [-0.2, 0) is 4.79 Å². The van der Waals surface area contributed by atoms with E-state index in [1.807, 2.05) is 11.8 Å². The molecule has 0 saturated heterocycles. The smallest absolute Gasteiger partial charge is 0.226 e. The van der Waals surface area contributed by atoms with Gasteiger partial charge in [0, 0.05) is 18.5 Å². The van der Waals surface area contributed by atoms with Crippen LogP contribution in [0.3, 0.4) is 0 Å². The Bertz CT molecular complexity index is 573. The maximum absolute atomic E-state index is 12.9. The first-order valence-electron chi connectivity index (χ1n) is 7.55. The van der Waals surface area contributed by atoms with Gasteiger partial charge >= 0.3 is 0 Å². The normalized spacial score (nSPS) is 25.0. The molecule has 0 spiro atoms. The third-order valence-corrected chi connectivity index (χ3v) is 4.37. The van der Waals surface area contributed by atoms with Crippen LogP contribution >= 0.6 is 0 Å². The second kappa shape index (κ2) is 5.48. The lowest BCUT2D eigenvalue weighted by Gasteiger charge is -2.23. The Labute approximate surface area is 124 Å². The molecule has 2 aliphatic rings. The van der Waals surface area contributed by atoms with Crippen LogP contribution in [0.1, 0.15) is 37.7 Å². The van der Waals surface area contributed by atoms with E-state index in [4.69, 9.17) is 5.26 Å². The summed E-state index contributed by atoms with van der Waals surface area (Å²) in [6.07, 6.45) is 2.95. The summed E-state index contributed by atoms with van der Waals surface area (Å²) in [7, 11) is 0. The van der Waals surface area contributed by atoms with Gasteiger partial charge in [-0.15, -0.1) is 0 Å². The number of amides is 1. The number of nitrogens with zero attached hydrogens (tertiary/aromatic N) is 2. The van der Waals surface area contributed by atoms with E-state index in [1.165, 1.54) is 12.1 Å². The van der Waals surface area contributed by atoms with Crippen LogP contribution < -0.4 is 0 Å². The van der Waals surface area contributed by atoms with Gasteiger partial charge in [-0.1, -0.05) is 12.1 Å². The van der Waals surface area contributed by atoms with E-state index in [9.17, 15) is 9.18 Å². The number of benzene rings is 1. The molecule has 2 fully saturated rings. The lowest BCUT2D eigenvalue weighted by atomic mass is 10.1. The summed E-state index contributed by atoms with van der Waals surface area (Å²) < 4.78 is 12.9. The van der Waals surface area contributed by atoms with Gasteiger partial charge in [0.15, 0.2) is 0 Å². The SMILES string of the molecule is C[C@H](C#N)CN(C(=O)[C@H]1C[C@@H]1c1ccc(F)cc1)C1CC1. The van der Waals surface area contributed by atoms with Crippen LogP contribution in [0.5, 0.6) is 0 Å². The molecule has 3 atom stereocenters. The average molecular weight is 286 g/mol. The predicted molar refractivity (Wildman–Crippen MR) is 76.8 cm³/mol. The van der Waals surface area contributed by atoms with Crippen molar-refractivity contribution in [3.8, 4) is 6.07 Å². The van der Waals surface area contributed by atoms with Gasteiger partial charge < -0.3 is 4.90 Å². The number of carbonyl (C=O) groups excluding carboxylic acids is 1. The average Bonchev–Trinajstić information content (AvgIpc) is 3.37. The maximum atomic E-state index is 12.9. The summed E-state index contributed by atoms with van der Waals surface area (Å²) in [6, 6.07) is 8.98. The van der Waals surface area contributed by atoms with Gasteiger partial charge in [0.2, 0.25) is 5.91 Å². The van der Waals surface area contributed by atoms with Crippen LogP contribution in [0.2, 0.25) is 0 Å². The first kappa shape index (κ1) is 14.1. The van der Waals surface area contributed by atoms with Gasteiger partial charge in [-0.3, -0.25) is 4.79 Å². The van der Waals surface area contributed by atoms with Crippen LogP contribution in [0.25, 0.3) is 0 Å². The Hall–Kier alpha value is -1.89. The van der Waals surface area contributed by atoms with Gasteiger partial charge in [-0.2, -0.15) is 5.26 Å². The summed E-state index contributed by atoms with van der Waals surface area (Å²) in [5.41, 5.74) is 1.04. The molecule has 0 bridgehead atoms. The van der Waals surface area contributed by atoms with Gasteiger partial charge in [-0.25, -0.2) is 4.39 Å². The van der Waals surface area contributed by atoms with E-state index in [2.05, 4.69) is 6.07 Å². The Morgan fingerprint density at radius 3 is 2.67 bits per heavy atom. The van der Waals surface area contributed by atoms with Crippen molar-refractivity contribution in [2.24, 2.45) is 11.8 Å². The van der Waals surface area contributed by atoms with E-state index < -0.39 is 0 Å². The zero-order valence-corrected chi connectivity index (χ0v) is 12.1. The summed E-state index contributed by atoms with van der Waals surface area (Å²) in [4.78, 5) is 14.5. The molecule has 4 heteroatoms. The lowest BCUT2D eigenvalue weighted by Crippen LogP contribution is -2.37. The van der Waals surface area contributed by atoms with Gasteiger partial charge in [-0.05, 0) is 49.8 Å². The fraction of sp³-hybridized carbons (Fsp3) is 0.529. The second-order valence-corrected chi connectivity index (χ2v) is 6.25. The zero-order chi connectivity index (χ0) is 15.0. The molecule has 2 aliphatic carbocycles. The van der Waals surface area contributed by atoms with Crippen molar-refractivity contribution in [2.75, 3.05) is 6.54 Å². The monoisotopic (exact) mass is 286 g/mol. The third kappa shape index (κ3) is 3.07. The van der Waals surface area contributed by atoms with Crippen molar-refractivity contribution >= 4 is 5.91 Å². The fourth-order valence-electron chi connectivity index (χ4n) is 2.90. The highest BCUT2D eigenvalue weighted by molar-refractivity contribution is 5.83. The molecule has 3 rings (SSSR count). The first-order valence-corrected chi connectivity index (χ1v) is 7.55. The molecule has 0 heterocycles. The number of halogens is 1. The molecule has 0 aromatic heterocycles. The molecule has 110 valence electrons. The standard InChI is InChI=1S/C17H19FN2O/c1-11(9-19)10-20(14-6-7-14)17(21)16-8-15(16)12-2-4-13(18)5-3-12/h2-5,11,14-16H,6-8,10H2,1H3/t11-,15-,16+/m1/s1. The molecule has 1 aromatic rings. The molecule has 1 amide bonds. The highest BCUT2D eigenvalue weighted by Gasteiger charge is 2.48. The van der Waals surface area contributed by atoms with E-state index >= 15 is 0 Å². The Balaban J connectivity index is 1.65. The van der Waals surface area contributed by atoms with Crippen LogP contribution in [0.4, 0.5) is 4.39 Å². The summed E-state index contributed by atoms with van der Waals surface area (Å²) in [5.74, 6) is 0.0370. The maximum Gasteiger partial charge on any atom is 0.226 e. The molecule has 2 saturated carbocycles. The Kier molecular flexibility index (Phi) is 3.67. The number of hydrogen-bond acceptors (Lipinski definition) is 2. The fourth-order valence-corrected chi connectivity index (χ4v) is 2.90. The molecular weight excluding hydrogens is 267 g/mol. The highest BCUT2D eigenvalue weighted by atomic mass is 19.1. The number of carbonyl (C=O) groups is 1. The van der Waals surface area contributed by atoms with Crippen LogP contribution in [0.15, 0.2) is 24.3 Å². The molecule has 0 aliphatic heterocycles. The van der Waals surface area contributed by atoms with Crippen molar-refractivity contribution in [3.63, 3.8) is 0 Å². The molecule has 0 unspecified atom stereocenters. The van der Waals surface area contributed by atoms with Crippen molar-refractivity contribution < 1.29 is 9.18 Å². The summed E-state index contributed by atoms with van der Waals surface area (Å²) in [5, 5.41) is 8.95. The van der Waals surface area contributed by atoms with Crippen molar-refractivity contribution in [1.29, 1.82) is 5.26 Å². The van der Waals surface area contributed by atoms with Crippen LogP contribution in [0, 0.1) is 29.0 Å². The Morgan fingerprint density at radius 2 is 2.10 bits per heavy atom. The van der Waals surface area contributed by atoms with Gasteiger partial charge in [0.05, 0.1) is 12.0 Å². The predicted octanol–water partition coefficient (Wildman–Crippen LogP) is 3.08. The highest BCUT2D eigenvalue weighted by Crippen LogP contribution is 2.49. The van der Waals surface area contributed by atoms with E-state index in [0.29, 0.717) is 12.6 Å². The van der Waals surface area contributed by atoms with Crippen molar-refractivity contribution in [1.82, 2.24) is 4.90 Å². The first-order chi connectivity index (χ1) is 10.1. The largest absolute Gasteiger partial charge is 0.338 e. The minimum absolute atomic E-state index is 0.0157.